The molecule has 3 N–H and O–H groups in total. The summed E-state index contributed by atoms with van der Waals surface area (Å²) < 4.78 is 31.7. The van der Waals surface area contributed by atoms with Gasteiger partial charge >= 0.3 is 18.1 Å². The highest BCUT2D eigenvalue weighted by Gasteiger charge is 2.38. The van der Waals surface area contributed by atoms with Crippen LogP contribution in [0.1, 0.15) is 34.6 Å². The maximum Gasteiger partial charge on any atom is 0.490 e. The number of carboxylic acid groups (broad SMARTS) is 2. The molecule has 11 heteroatoms. The fourth-order valence-electron chi connectivity index (χ4n) is 2.46. The molecule has 0 aliphatic carbocycles. The van der Waals surface area contributed by atoms with Crippen molar-refractivity contribution in [2.45, 2.75) is 20.0 Å². The van der Waals surface area contributed by atoms with E-state index in [0.29, 0.717) is 35.1 Å². The number of aromatic carboxylic acids is 1. The number of hydrogen-bond donors (Lipinski definition) is 3. The summed E-state index contributed by atoms with van der Waals surface area (Å²) in [6.45, 7) is 5.32. The van der Waals surface area contributed by atoms with E-state index in [-0.39, 0.29) is 11.5 Å². The van der Waals surface area contributed by atoms with Crippen molar-refractivity contribution in [3.63, 3.8) is 0 Å². The van der Waals surface area contributed by atoms with Gasteiger partial charge in [-0.25, -0.2) is 9.59 Å². The van der Waals surface area contributed by atoms with Gasteiger partial charge in [0.25, 0.3) is 5.91 Å². The zero-order chi connectivity index (χ0) is 23.8. The van der Waals surface area contributed by atoms with Gasteiger partial charge in [-0.2, -0.15) is 13.2 Å². The molecule has 0 aromatic heterocycles. The number of anilines is 2. The van der Waals surface area contributed by atoms with Gasteiger partial charge in [-0.05, 0) is 50.2 Å². The number of rotatable bonds is 6. The SMILES string of the molecule is CCN(CC)c1ccc(NC(=O)c2cccc(Cl)c2)cc1C(=O)O.O=C(O)C(F)(F)F. The Kier molecular flexibility index (Phi) is 9.32. The first kappa shape index (κ1) is 25.8. The molecular formula is C20H20ClF3N2O5. The fraction of sp³-hybridized carbons (Fsp3) is 0.250. The topological polar surface area (TPSA) is 107 Å². The molecule has 1 amide bonds. The van der Waals surface area contributed by atoms with E-state index in [9.17, 15) is 27.9 Å². The van der Waals surface area contributed by atoms with Crippen LogP contribution in [0.2, 0.25) is 5.02 Å². The quantitative estimate of drug-likeness (QED) is 0.573. The third kappa shape index (κ3) is 7.82. The molecule has 168 valence electrons. The van der Waals surface area contributed by atoms with Crippen LogP contribution in [-0.2, 0) is 4.79 Å². The van der Waals surface area contributed by atoms with Gasteiger partial charge in [-0.15, -0.1) is 0 Å². The highest BCUT2D eigenvalue weighted by Crippen LogP contribution is 2.25. The third-order valence-electron chi connectivity index (χ3n) is 3.92. The predicted molar refractivity (Wildman–Crippen MR) is 110 cm³/mol. The van der Waals surface area contributed by atoms with Gasteiger partial charge in [0.1, 0.15) is 0 Å². The molecule has 31 heavy (non-hydrogen) atoms. The summed E-state index contributed by atoms with van der Waals surface area (Å²) in [5, 5.41) is 19.8. The Morgan fingerprint density at radius 3 is 2.06 bits per heavy atom. The molecule has 0 atom stereocenters. The summed E-state index contributed by atoms with van der Waals surface area (Å²) in [4.78, 5) is 34.7. The summed E-state index contributed by atoms with van der Waals surface area (Å²) >= 11 is 5.88. The van der Waals surface area contributed by atoms with E-state index in [2.05, 4.69) is 5.32 Å². The predicted octanol–water partition coefficient (Wildman–Crippen LogP) is 4.77. The summed E-state index contributed by atoms with van der Waals surface area (Å²) in [5.74, 6) is -4.13. The van der Waals surface area contributed by atoms with Crippen LogP contribution in [0, 0.1) is 0 Å². The molecule has 2 aromatic rings. The fourth-order valence-corrected chi connectivity index (χ4v) is 2.65. The van der Waals surface area contributed by atoms with Crippen molar-refractivity contribution in [1.29, 1.82) is 0 Å². The normalized spacial score (nSPS) is 10.5. The van der Waals surface area contributed by atoms with E-state index in [1.165, 1.54) is 6.07 Å². The van der Waals surface area contributed by atoms with E-state index in [0.717, 1.165) is 0 Å². The molecule has 0 aliphatic heterocycles. The van der Waals surface area contributed by atoms with Crippen molar-refractivity contribution in [3.8, 4) is 0 Å². The average molecular weight is 461 g/mol. The van der Waals surface area contributed by atoms with E-state index >= 15 is 0 Å². The lowest BCUT2D eigenvalue weighted by atomic mass is 10.1. The second-order valence-corrected chi connectivity index (χ2v) is 6.41. The number of benzene rings is 2. The standard InChI is InChI=1S/C18H19ClN2O3.C2HF3O2/c1-3-21(4-2)16-9-8-14(11-15(16)18(23)24)20-17(22)12-6-5-7-13(19)10-12;3-2(4,5)1(6)7/h5-11H,3-4H2,1-2H3,(H,20,22)(H,23,24);(H,6,7). The second kappa shape index (κ2) is 11.2. The number of carboxylic acids is 2. The Morgan fingerprint density at radius 1 is 1.03 bits per heavy atom. The van der Waals surface area contributed by atoms with Gasteiger partial charge in [-0.3, -0.25) is 4.79 Å². The summed E-state index contributed by atoms with van der Waals surface area (Å²) in [6, 6.07) is 11.4. The van der Waals surface area contributed by atoms with Crippen LogP contribution in [0.5, 0.6) is 0 Å². The Morgan fingerprint density at radius 2 is 1.61 bits per heavy atom. The Hall–Kier alpha value is -3.27. The maximum atomic E-state index is 12.3. The van der Waals surface area contributed by atoms with Gasteiger partial charge in [0.05, 0.1) is 11.3 Å². The molecule has 0 bridgehead atoms. The monoisotopic (exact) mass is 460 g/mol. The van der Waals surface area contributed by atoms with Crippen LogP contribution in [0.3, 0.4) is 0 Å². The Balaban J connectivity index is 0.000000592. The molecule has 0 saturated heterocycles. The number of alkyl halides is 3. The lowest BCUT2D eigenvalue weighted by Gasteiger charge is -2.23. The second-order valence-electron chi connectivity index (χ2n) is 5.98. The first-order valence-electron chi connectivity index (χ1n) is 8.90. The van der Waals surface area contributed by atoms with E-state index < -0.39 is 18.1 Å². The molecule has 2 aromatic carbocycles. The van der Waals surface area contributed by atoms with Crippen molar-refractivity contribution in [1.82, 2.24) is 0 Å². The number of halogens is 4. The molecular weight excluding hydrogens is 441 g/mol. The van der Waals surface area contributed by atoms with Gasteiger partial charge in [0.2, 0.25) is 0 Å². The van der Waals surface area contributed by atoms with Crippen molar-refractivity contribution >= 4 is 40.8 Å². The minimum absolute atomic E-state index is 0.155. The lowest BCUT2D eigenvalue weighted by molar-refractivity contribution is -0.192. The van der Waals surface area contributed by atoms with Gasteiger partial charge in [0.15, 0.2) is 0 Å². The number of nitrogens with zero attached hydrogens (tertiary/aromatic N) is 1. The molecule has 0 unspecified atom stereocenters. The number of hydrogen-bond acceptors (Lipinski definition) is 4. The minimum Gasteiger partial charge on any atom is -0.478 e. The molecule has 0 heterocycles. The summed E-state index contributed by atoms with van der Waals surface area (Å²) in [6.07, 6.45) is -5.08. The zero-order valence-corrected chi connectivity index (χ0v) is 17.3. The Labute approximate surface area is 181 Å². The first-order valence-corrected chi connectivity index (χ1v) is 9.27. The number of aliphatic carboxylic acids is 1. The van der Waals surface area contributed by atoms with Crippen LogP contribution < -0.4 is 10.2 Å². The number of amides is 1. The third-order valence-corrected chi connectivity index (χ3v) is 4.15. The van der Waals surface area contributed by atoms with E-state index in [1.54, 1.807) is 36.4 Å². The van der Waals surface area contributed by atoms with Crippen LogP contribution in [-0.4, -0.2) is 47.3 Å². The van der Waals surface area contributed by atoms with Crippen molar-refractivity contribution < 1.29 is 37.8 Å². The van der Waals surface area contributed by atoms with Crippen LogP contribution in [0.25, 0.3) is 0 Å². The average Bonchev–Trinajstić information content (AvgIpc) is 2.69. The van der Waals surface area contributed by atoms with Crippen molar-refractivity contribution in [2.75, 3.05) is 23.3 Å². The number of nitrogens with one attached hydrogen (secondary N) is 1. The van der Waals surface area contributed by atoms with Gasteiger partial charge in [0, 0.05) is 29.4 Å². The number of carbonyl (C=O) groups is 3. The largest absolute Gasteiger partial charge is 0.490 e. The van der Waals surface area contributed by atoms with Crippen molar-refractivity contribution in [2.24, 2.45) is 0 Å². The molecule has 0 radical (unpaired) electrons. The van der Waals surface area contributed by atoms with E-state index in [4.69, 9.17) is 21.5 Å². The number of carbonyl (C=O) groups excluding carboxylic acids is 1. The van der Waals surface area contributed by atoms with E-state index in [1.807, 2.05) is 18.7 Å². The minimum atomic E-state index is -5.08. The lowest BCUT2D eigenvalue weighted by Crippen LogP contribution is -2.24. The molecule has 2 rings (SSSR count). The maximum absolute atomic E-state index is 12.3. The molecule has 0 spiro atoms. The van der Waals surface area contributed by atoms with Gasteiger partial charge < -0.3 is 20.4 Å². The molecule has 7 nitrogen and oxygen atoms in total. The smallest absolute Gasteiger partial charge is 0.478 e. The van der Waals surface area contributed by atoms with Crippen molar-refractivity contribution in [3.05, 3.63) is 58.6 Å². The molecule has 0 aliphatic rings. The van der Waals surface area contributed by atoms with Crippen LogP contribution in [0.4, 0.5) is 24.5 Å². The molecule has 0 saturated carbocycles. The highest BCUT2D eigenvalue weighted by atomic mass is 35.5. The van der Waals surface area contributed by atoms with Gasteiger partial charge in [-0.1, -0.05) is 17.7 Å². The van der Waals surface area contributed by atoms with Crippen LogP contribution >= 0.6 is 11.6 Å². The summed E-state index contributed by atoms with van der Waals surface area (Å²) in [5.41, 5.74) is 1.62. The van der Waals surface area contributed by atoms with Crippen LogP contribution in [0.15, 0.2) is 42.5 Å². The zero-order valence-electron chi connectivity index (χ0n) is 16.5. The molecule has 0 fully saturated rings. The first-order chi connectivity index (χ1) is 14.4. The highest BCUT2D eigenvalue weighted by molar-refractivity contribution is 6.31. The Bertz CT molecular complexity index is 947. The summed E-state index contributed by atoms with van der Waals surface area (Å²) in [7, 11) is 0.